The third-order valence-corrected chi connectivity index (χ3v) is 6.67. The maximum Gasteiger partial charge on any atom is 0.387 e. The second-order valence-corrected chi connectivity index (χ2v) is 8.93. The summed E-state index contributed by atoms with van der Waals surface area (Å²) in [6, 6.07) is 7.06. The fourth-order valence-electron chi connectivity index (χ4n) is 4.96. The summed E-state index contributed by atoms with van der Waals surface area (Å²) >= 11 is 0. The number of halogens is 4. The quantitative estimate of drug-likeness (QED) is 0.261. The van der Waals surface area contributed by atoms with Crippen molar-refractivity contribution in [2.75, 3.05) is 6.54 Å². The number of aromatic nitrogens is 3. The molecule has 6 rings (SSSR count). The lowest BCUT2D eigenvalue weighted by Gasteiger charge is -2.19. The van der Waals surface area contributed by atoms with E-state index in [-0.39, 0.29) is 53.8 Å². The maximum atomic E-state index is 15.0. The Morgan fingerprint density at radius 1 is 1.03 bits per heavy atom. The number of benzene rings is 2. The van der Waals surface area contributed by atoms with Gasteiger partial charge in [-0.05, 0) is 35.4 Å². The molecule has 2 aromatic carbocycles. The van der Waals surface area contributed by atoms with Gasteiger partial charge in [0.2, 0.25) is 5.91 Å². The van der Waals surface area contributed by atoms with Crippen molar-refractivity contribution in [2.45, 2.75) is 25.5 Å². The van der Waals surface area contributed by atoms with Gasteiger partial charge in [0.15, 0.2) is 16.9 Å². The summed E-state index contributed by atoms with van der Waals surface area (Å²) in [4.78, 5) is 26.1. The number of amides is 1. The van der Waals surface area contributed by atoms with Crippen LogP contribution in [0.3, 0.4) is 0 Å². The third-order valence-electron chi connectivity index (χ3n) is 6.67. The fourth-order valence-corrected chi connectivity index (χ4v) is 4.96. The molecule has 4 heterocycles. The molecular weight excluding hydrogens is 504 g/mol. The van der Waals surface area contributed by atoms with Crippen LogP contribution in [0.1, 0.15) is 23.5 Å². The molecule has 38 heavy (non-hydrogen) atoms. The van der Waals surface area contributed by atoms with Crippen molar-refractivity contribution in [2.24, 2.45) is 0 Å². The van der Waals surface area contributed by atoms with E-state index < -0.39 is 18.2 Å². The summed E-state index contributed by atoms with van der Waals surface area (Å²) in [6.07, 6.45) is 7.30. The second-order valence-electron chi connectivity index (χ2n) is 8.93. The number of alkyl halides is 2. The van der Waals surface area contributed by atoms with E-state index in [4.69, 9.17) is 4.42 Å². The SMILES string of the molecule is O=C1CC(c2ccc(OC(F)F)c3oc4cnccc4c23)CN1Cc1c(F)cc(-c2cncnc2)cc1F. The summed E-state index contributed by atoms with van der Waals surface area (Å²) < 4.78 is 66.4. The zero-order valence-corrected chi connectivity index (χ0v) is 19.6. The molecule has 0 radical (unpaired) electrons. The van der Waals surface area contributed by atoms with Gasteiger partial charge in [-0.25, -0.2) is 18.7 Å². The van der Waals surface area contributed by atoms with Gasteiger partial charge in [0.05, 0.1) is 12.7 Å². The van der Waals surface area contributed by atoms with Crippen molar-refractivity contribution in [1.29, 1.82) is 0 Å². The molecular formula is C27H18F4N4O3. The molecule has 192 valence electrons. The Morgan fingerprint density at radius 3 is 2.53 bits per heavy atom. The maximum absolute atomic E-state index is 15.0. The highest BCUT2D eigenvalue weighted by molar-refractivity contribution is 6.08. The van der Waals surface area contributed by atoms with Crippen LogP contribution in [0.2, 0.25) is 0 Å². The zero-order chi connectivity index (χ0) is 26.4. The van der Waals surface area contributed by atoms with Gasteiger partial charge in [-0.3, -0.25) is 9.78 Å². The number of likely N-dealkylation sites (tertiary alicyclic amines) is 1. The highest BCUT2D eigenvalue weighted by Gasteiger charge is 2.34. The molecule has 1 aliphatic rings. The summed E-state index contributed by atoms with van der Waals surface area (Å²) in [5, 5.41) is 1.17. The minimum Gasteiger partial charge on any atom is -0.451 e. The molecule has 7 nitrogen and oxygen atoms in total. The molecule has 1 fully saturated rings. The number of nitrogens with zero attached hydrogens (tertiary/aromatic N) is 4. The van der Waals surface area contributed by atoms with Gasteiger partial charge in [0, 0.05) is 59.4 Å². The molecule has 0 saturated carbocycles. The number of hydrogen-bond acceptors (Lipinski definition) is 6. The van der Waals surface area contributed by atoms with Crippen molar-refractivity contribution in [1.82, 2.24) is 19.9 Å². The standard InChI is InChI=1S/C27H18F4N4O3/c28-20-5-14(16-8-33-13-34-9-16)6-21(29)19(20)12-35-11-15(7-24(35)36)17-1-2-22(38-27(30)31)26-25(17)18-3-4-32-10-23(18)37-26/h1-6,8-10,13,15,27H,7,11-12H2. The van der Waals surface area contributed by atoms with Gasteiger partial charge >= 0.3 is 6.61 Å². The first kappa shape index (κ1) is 23.8. The first-order chi connectivity index (χ1) is 18.4. The molecule has 0 bridgehead atoms. The predicted molar refractivity (Wildman–Crippen MR) is 128 cm³/mol. The Hall–Kier alpha value is -4.54. The van der Waals surface area contributed by atoms with Crippen LogP contribution in [0, 0.1) is 11.6 Å². The predicted octanol–water partition coefficient (Wildman–Crippen LogP) is 5.83. The van der Waals surface area contributed by atoms with Crippen molar-refractivity contribution in [3.63, 3.8) is 0 Å². The molecule has 0 aliphatic carbocycles. The van der Waals surface area contributed by atoms with Gasteiger partial charge in [-0.2, -0.15) is 8.78 Å². The minimum absolute atomic E-state index is 0.0740. The largest absolute Gasteiger partial charge is 0.451 e. The molecule has 1 unspecified atom stereocenters. The van der Waals surface area contributed by atoms with E-state index in [1.165, 1.54) is 48.0 Å². The van der Waals surface area contributed by atoms with Crippen molar-refractivity contribution in [3.05, 3.63) is 84.2 Å². The lowest BCUT2D eigenvalue weighted by molar-refractivity contribution is -0.128. The van der Waals surface area contributed by atoms with Crippen LogP contribution in [-0.4, -0.2) is 38.9 Å². The number of furan rings is 1. The Balaban J connectivity index is 1.32. The molecule has 1 aliphatic heterocycles. The van der Waals surface area contributed by atoms with E-state index in [9.17, 15) is 22.4 Å². The van der Waals surface area contributed by atoms with Gasteiger partial charge in [0.1, 0.15) is 18.0 Å². The first-order valence-corrected chi connectivity index (χ1v) is 11.6. The van der Waals surface area contributed by atoms with Gasteiger partial charge in [-0.15, -0.1) is 0 Å². The lowest BCUT2D eigenvalue weighted by atomic mass is 9.93. The molecule has 5 aromatic rings. The Bertz CT molecular complexity index is 1650. The highest BCUT2D eigenvalue weighted by atomic mass is 19.3. The average molecular weight is 522 g/mol. The number of rotatable bonds is 6. The van der Waals surface area contributed by atoms with Crippen LogP contribution in [0.5, 0.6) is 5.75 Å². The summed E-state index contributed by atoms with van der Waals surface area (Å²) in [5.41, 5.74) is 1.69. The van der Waals surface area contributed by atoms with Gasteiger partial charge < -0.3 is 14.1 Å². The molecule has 11 heteroatoms. The summed E-state index contributed by atoms with van der Waals surface area (Å²) in [6.45, 7) is -3.14. The topological polar surface area (TPSA) is 81.4 Å². The van der Waals surface area contributed by atoms with E-state index in [2.05, 4.69) is 19.7 Å². The van der Waals surface area contributed by atoms with Gasteiger partial charge in [-0.1, -0.05) is 6.07 Å². The number of ether oxygens (including phenoxy) is 1. The van der Waals surface area contributed by atoms with Crippen LogP contribution in [-0.2, 0) is 11.3 Å². The van der Waals surface area contributed by atoms with Crippen molar-refractivity contribution >= 4 is 27.8 Å². The Morgan fingerprint density at radius 2 is 1.79 bits per heavy atom. The van der Waals surface area contributed by atoms with Crippen LogP contribution < -0.4 is 4.74 Å². The normalized spacial score (nSPS) is 15.8. The lowest BCUT2D eigenvalue weighted by Crippen LogP contribution is -2.25. The number of fused-ring (bicyclic) bond motifs is 3. The van der Waals surface area contributed by atoms with Gasteiger partial charge in [0.25, 0.3) is 0 Å². The monoisotopic (exact) mass is 522 g/mol. The highest BCUT2D eigenvalue weighted by Crippen LogP contribution is 2.42. The molecule has 1 atom stereocenters. The zero-order valence-electron chi connectivity index (χ0n) is 19.6. The van der Waals surface area contributed by atoms with Crippen LogP contribution in [0.25, 0.3) is 33.1 Å². The molecule has 3 aromatic heterocycles. The fraction of sp³-hybridized carbons (Fsp3) is 0.185. The Labute approximate surface area is 212 Å². The number of pyridine rings is 1. The van der Waals surface area contributed by atoms with Crippen molar-refractivity contribution in [3.8, 4) is 16.9 Å². The van der Waals surface area contributed by atoms with Crippen LogP contribution in [0.15, 0.2) is 65.9 Å². The first-order valence-electron chi connectivity index (χ1n) is 11.6. The summed E-state index contributed by atoms with van der Waals surface area (Å²) in [7, 11) is 0. The third kappa shape index (κ3) is 4.19. The smallest absolute Gasteiger partial charge is 0.387 e. The number of carbonyl (C=O) groups is 1. The van der Waals surface area contributed by atoms with E-state index >= 15 is 0 Å². The van der Waals surface area contributed by atoms with Crippen LogP contribution >= 0.6 is 0 Å². The van der Waals surface area contributed by atoms with Crippen molar-refractivity contribution < 1.29 is 31.5 Å². The summed E-state index contributed by atoms with van der Waals surface area (Å²) in [5.74, 6) is -2.37. The minimum atomic E-state index is -3.05. The van der Waals surface area contributed by atoms with E-state index in [0.717, 1.165) is 0 Å². The van der Waals surface area contributed by atoms with E-state index in [0.29, 0.717) is 27.5 Å². The molecule has 1 amide bonds. The average Bonchev–Trinajstić information content (AvgIpc) is 3.47. The second kappa shape index (κ2) is 9.40. The van der Waals surface area contributed by atoms with E-state index in [1.807, 2.05) is 0 Å². The molecule has 0 spiro atoms. The van der Waals surface area contributed by atoms with Crippen LogP contribution in [0.4, 0.5) is 17.6 Å². The molecule has 0 N–H and O–H groups in total. The van der Waals surface area contributed by atoms with E-state index in [1.54, 1.807) is 18.3 Å². The number of hydrogen-bond donors (Lipinski definition) is 0. The molecule has 1 saturated heterocycles. The Kier molecular flexibility index (Phi) is 5.90. The number of carbonyl (C=O) groups excluding carboxylic acids is 1.